The van der Waals surface area contributed by atoms with Gasteiger partial charge in [0.15, 0.2) is 16.8 Å². The maximum absolute atomic E-state index is 12.7. The standard InChI is InChI=1S/C24H26F2N4O2S/c1-17-5-7-18(8-6-17)21(31)16-33-24-28-27-22(15-29-13-3-2-4-14-29)30(24)19-9-11-20(12-10-19)32-23(25)26/h5-12,23H,2-4,13-16H2,1H3. The lowest BCUT2D eigenvalue weighted by atomic mass is 10.1. The van der Waals surface area contributed by atoms with Gasteiger partial charge in [0.05, 0.1) is 12.3 Å². The Morgan fingerprint density at radius 2 is 1.73 bits per heavy atom. The van der Waals surface area contributed by atoms with E-state index in [9.17, 15) is 13.6 Å². The maximum atomic E-state index is 12.7. The number of hydrogen-bond acceptors (Lipinski definition) is 6. The fraction of sp³-hybridized carbons (Fsp3) is 0.375. The summed E-state index contributed by atoms with van der Waals surface area (Å²) in [5.41, 5.74) is 2.49. The second-order valence-electron chi connectivity index (χ2n) is 8.02. The predicted molar refractivity (Wildman–Crippen MR) is 123 cm³/mol. The summed E-state index contributed by atoms with van der Waals surface area (Å²) < 4.78 is 31.4. The Labute approximate surface area is 196 Å². The minimum atomic E-state index is -2.88. The number of ketones is 1. The van der Waals surface area contributed by atoms with Gasteiger partial charge in [-0.15, -0.1) is 10.2 Å². The number of Topliss-reactive ketones (excluding diaryl/α,β-unsaturated/α-hetero) is 1. The van der Waals surface area contributed by atoms with Crippen molar-refractivity contribution in [1.29, 1.82) is 0 Å². The number of halogens is 2. The van der Waals surface area contributed by atoms with Crippen molar-refractivity contribution in [2.75, 3.05) is 18.8 Å². The van der Waals surface area contributed by atoms with Crippen molar-refractivity contribution in [3.05, 3.63) is 65.5 Å². The van der Waals surface area contributed by atoms with Gasteiger partial charge in [-0.25, -0.2) is 0 Å². The number of carbonyl (C=O) groups is 1. The van der Waals surface area contributed by atoms with Gasteiger partial charge in [0.25, 0.3) is 0 Å². The molecule has 1 aliphatic rings. The fourth-order valence-corrected chi connectivity index (χ4v) is 4.67. The minimum absolute atomic E-state index is 0.00723. The molecule has 0 spiro atoms. The molecule has 1 fully saturated rings. The van der Waals surface area contributed by atoms with Gasteiger partial charge >= 0.3 is 6.61 Å². The van der Waals surface area contributed by atoms with Crippen LogP contribution in [0.4, 0.5) is 8.78 Å². The zero-order valence-electron chi connectivity index (χ0n) is 18.4. The van der Waals surface area contributed by atoms with E-state index in [1.807, 2.05) is 35.8 Å². The van der Waals surface area contributed by atoms with E-state index in [-0.39, 0.29) is 17.3 Å². The van der Waals surface area contributed by atoms with E-state index in [1.165, 1.54) is 30.3 Å². The molecule has 0 aliphatic carbocycles. The van der Waals surface area contributed by atoms with Crippen LogP contribution in [0.15, 0.2) is 53.7 Å². The third kappa shape index (κ3) is 6.17. The molecule has 0 unspecified atom stereocenters. The van der Waals surface area contributed by atoms with E-state index in [0.717, 1.165) is 43.0 Å². The lowest BCUT2D eigenvalue weighted by molar-refractivity contribution is -0.0498. The Morgan fingerprint density at radius 1 is 1.03 bits per heavy atom. The number of piperidine rings is 1. The van der Waals surface area contributed by atoms with E-state index in [4.69, 9.17) is 0 Å². The summed E-state index contributed by atoms with van der Waals surface area (Å²) in [5, 5.41) is 9.35. The molecule has 2 aromatic carbocycles. The summed E-state index contributed by atoms with van der Waals surface area (Å²) in [6.45, 7) is 1.74. The molecule has 2 heterocycles. The molecule has 0 N–H and O–H groups in total. The Hall–Kier alpha value is -2.78. The van der Waals surface area contributed by atoms with Gasteiger partial charge in [-0.2, -0.15) is 8.78 Å². The molecule has 1 aliphatic heterocycles. The average Bonchev–Trinajstić information content (AvgIpc) is 3.21. The number of aromatic nitrogens is 3. The quantitative estimate of drug-likeness (QED) is 0.318. The van der Waals surface area contributed by atoms with Crippen LogP contribution >= 0.6 is 11.8 Å². The first-order valence-electron chi connectivity index (χ1n) is 10.9. The maximum Gasteiger partial charge on any atom is 0.387 e. The number of aryl methyl sites for hydroxylation is 1. The Morgan fingerprint density at radius 3 is 2.39 bits per heavy atom. The van der Waals surface area contributed by atoms with Crippen molar-refractivity contribution in [1.82, 2.24) is 19.7 Å². The smallest absolute Gasteiger partial charge is 0.387 e. The van der Waals surface area contributed by atoms with Crippen molar-refractivity contribution >= 4 is 17.5 Å². The summed E-state index contributed by atoms with van der Waals surface area (Å²) in [6.07, 6.45) is 3.54. The topological polar surface area (TPSA) is 60.2 Å². The first kappa shape index (κ1) is 23.4. The largest absolute Gasteiger partial charge is 0.435 e. The lowest BCUT2D eigenvalue weighted by Crippen LogP contribution is -2.30. The molecule has 174 valence electrons. The summed E-state index contributed by atoms with van der Waals surface area (Å²) in [6, 6.07) is 13.9. The van der Waals surface area contributed by atoms with Crippen LogP contribution in [-0.2, 0) is 6.54 Å². The number of alkyl halides is 2. The monoisotopic (exact) mass is 472 g/mol. The highest BCUT2D eigenvalue weighted by Crippen LogP contribution is 2.26. The minimum Gasteiger partial charge on any atom is -0.435 e. The highest BCUT2D eigenvalue weighted by atomic mass is 32.2. The molecule has 9 heteroatoms. The molecule has 1 aromatic heterocycles. The second-order valence-corrected chi connectivity index (χ2v) is 8.96. The number of benzene rings is 2. The third-order valence-electron chi connectivity index (χ3n) is 5.54. The van der Waals surface area contributed by atoms with Crippen LogP contribution in [0.5, 0.6) is 5.75 Å². The molecule has 33 heavy (non-hydrogen) atoms. The normalized spacial score (nSPS) is 14.5. The van der Waals surface area contributed by atoms with Crippen LogP contribution in [0.1, 0.15) is 41.0 Å². The number of nitrogens with zero attached hydrogens (tertiary/aromatic N) is 4. The van der Waals surface area contributed by atoms with E-state index in [0.29, 0.717) is 17.3 Å². The van der Waals surface area contributed by atoms with Gasteiger partial charge in [0.1, 0.15) is 5.75 Å². The van der Waals surface area contributed by atoms with Crippen molar-refractivity contribution in [2.45, 2.75) is 44.5 Å². The molecule has 3 aromatic rings. The number of hydrogen-bond donors (Lipinski definition) is 0. The third-order valence-corrected chi connectivity index (χ3v) is 6.47. The first-order chi connectivity index (χ1) is 16.0. The van der Waals surface area contributed by atoms with Crippen LogP contribution < -0.4 is 4.74 Å². The van der Waals surface area contributed by atoms with Crippen LogP contribution in [0.2, 0.25) is 0 Å². The van der Waals surface area contributed by atoms with E-state index in [2.05, 4.69) is 19.8 Å². The first-order valence-corrected chi connectivity index (χ1v) is 11.9. The van der Waals surface area contributed by atoms with E-state index >= 15 is 0 Å². The Bertz CT molecular complexity index is 1070. The van der Waals surface area contributed by atoms with Crippen molar-refractivity contribution in [2.24, 2.45) is 0 Å². The predicted octanol–water partition coefficient (Wildman–Crippen LogP) is 5.14. The zero-order valence-corrected chi connectivity index (χ0v) is 19.2. The number of thioether (sulfide) groups is 1. The number of carbonyl (C=O) groups excluding carboxylic acids is 1. The molecule has 0 atom stereocenters. The van der Waals surface area contributed by atoms with E-state index in [1.54, 1.807) is 12.1 Å². The van der Waals surface area contributed by atoms with Crippen molar-refractivity contribution in [3.63, 3.8) is 0 Å². The molecule has 0 amide bonds. The molecular formula is C24H26F2N4O2S. The summed E-state index contributed by atoms with van der Waals surface area (Å²) in [4.78, 5) is 15.0. The number of rotatable bonds is 9. The van der Waals surface area contributed by atoms with Crippen LogP contribution in [0.25, 0.3) is 5.69 Å². The number of likely N-dealkylation sites (tertiary alicyclic amines) is 1. The Kier molecular flexibility index (Phi) is 7.72. The SMILES string of the molecule is Cc1ccc(C(=O)CSc2nnc(CN3CCCCC3)n2-c2ccc(OC(F)F)cc2)cc1. The van der Waals surface area contributed by atoms with Gasteiger partial charge in [-0.3, -0.25) is 14.3 Å². The molecule has 0 radical (unpaired) electrons. The van der Waals surface area contributed by atoms with Crippen LogP contribution in [0.3, 0.4) is 0 Å². The fourth-order valence-electron chi connectivity index (χ4n) is 3.80. The average molecular weight is 473 g/mol. The summed E-state index contributed by atoms with van der Waals surface area (Å²) >= 11 is 1.32. The molecule has 0 bridgehead atoms. The van der Waals surface area contributed by atoms with Gasteiger partial charge in [0, 0.05) is 11.3 Å². The molecule has 1 saturated heterocycles. The van der Waals surface area contributed by atoms with Gasteiger partial charge in [0.2, 0.25) is 0 Å². The van der Waals surface area contributed by atoms with Crippen molar-refractivity contribution in [3.8, 4) is 11.4 Å². The van der Waals surface area contributed by atoms with Gasteiger partial charge in [-0.05, 0) is 57.1 Å². The van der Waals surface area contributed by atoms with E-state index < -0.39 is 6.61 Å². The highest BCUT2D eigenvalue weighted by molar-refractivity contribution is 7.99. The summed E-state index contributed by atoms with van der Waals surface area (Å²) in [7, 11) is 0. The molecule has 4 rings (SSSR count). The van der Waals surface area contributed by atoms with Gasteiger partial charge < -0.3 is 4.74 Å². The van der Waals surface area contributed by atoms with Crippen LogP contribution in [0, 0.1) is 6.92 Å². The lowest BCUT2D eigenvalue weighted by Gasteiger charge is -2.26. The highest BCUT2D eigenvalue weighted by Gasteiger charge is 2.20. The van der Waals surface area contributed by atoms with Gasteiger partial charge in [-0.1, -0.05) is 48.0 Å². The molecular weight excluding hydrogens is 446 g/mol. The molecule has 0 saturated carbocycles. The second kappa shape index (κ2) is 10.9. The van der Waals surface area contributed by atoms with Crippen molar-refractivity contribution < 1.29 is 18.3 Å². The molecule has 6 nitrogen and oxygen atoms in total. The zero-order chi connectivity index (χ0) is 23.2. The van der Waals surface area contributed by atoms with Crippen LogP contribution in [-0.4, -0.2) is 50.9 Å². The Balaban J connectivity index is 1.56. The summed E-state index contributed by atoms with van der Waals surface area (Å²) in [5.74, 6) is 1.07. The number of ether oxygens (including phenoxy) is 1.